The summed E-state index contributed by atoms with van der Waals surface area (Å²) in [5.41, 5.74) is 4.52. The van der Waals surface area contributed by atoms with Gasteiger partial charge in [-0.3, -0.25) is 0 Å². The number of nitrogens with zero attached hydrogens (tertiary/aromatic N) is 2. The van der Waals surface area contributed by atoms with Crippen molar-refractivity contribution in [3.05, 3.63) is 76.4 Å². The van der Waals surface area contributed by atoms with Crippen molar-refractivity contribution in [2.24, 2.45) is 0 Å². The summed E-state index contributed by atoms with van der Waals surface area (Å²) in [4.78, 5) is 3.41. The third-order valence-electron chi connectivity index (χ3n) is 5.25. The Balaban J connectivity index is 1.93. The molecule has 0 saturated carbocycles. The molecule has 0 fully saturated rings. The Morgan fingerprint density at radius 1 is 1.00 bits per heavy atom. The maximum Gasteiger partial charge on any atom is 0.113 e. The average Bonchev–Trinajstić information content (AvgIpc) is 3.32. The number of aromatic nitrogens is 2. The Kier molecular flexibility index (Phi) is 6.05. The largest absolute Gasteiger partial charge is 0.384 e. The first-order valence-corrected chi connectivity index (χ1v) is 12.4. The fraction of sp³-hybridized carbons (Fsp3) is 0.240. The van der Waals surface area contributed by atoms with Gasteiger partial charge in [-0.05, 0) is 74.9 Å². The van der Waals surface area contributed by atoms with Crippen LogP contribution < -0.4 is 0 Å². The zero-order valence-electron chi connectivity index (χ0n) is 18.2. The van der Waals surface area contributed by atoms with Crippen LogP contribution in [0, 0.1) is 13.8 Å². The predicted octanol–water partition coefficient (Wildman–Crippen LogP) is 7.49. The van der Waals surface area contributed by atoms with Crippen LogP contribution in [0.2, 0.25) is 5.02 Å². The van der Waals surface area contributed by atoms with Crippen molar-refractivity contribution in [2.45, 2.75) is 38.2 Å². The summed E-state index contributed by atoms with van der Waals surface area (Å²) < 4.78 is 1.90. The molecule has 0 aliphatic carbocycles. The summed E-state index contributed by atoms with van der Waals surface area (Å²) in [6, 6.07) is 18.9. The molecule has 0 aliphatic heterocycles. The number of hydrogen-bond donors (Lipinski definition) is 1. The van der Waals surface area contributed by atoms with E-state index < -0.39 is 5.60 Å². The van der Waals surface area contributed by atoms with E-state index in [-0.39, 0.29) is 0 Å². The minimum absolute atomic E-state index is 0.478. The number of benzene rings is 2. The van der Waals surface area contributed by atoms with Gasteiger partial charge in [-0.25, -0.2) is 4.68 Å². The van der Waals surface area contributed by atoms with Gasteiger partial charge >= 0.3 is 0 Å². The van der Waals surface area contributed by atoms with Gasteiger partial charge in [0, 0.05) is 9.77 Å². The van der Waals surface area contributed by atoms with Crippen LogP contribution in [0.3, 0.4) is 0 Å². The molecule has 0 amide bonds. The fourth-order valence-corrected chi connectivity index (χ4v) is 5.71. The van der Waals surface area contributed by atoms with Crippen molar-refractivity contribution in [3.8, 4) is 26.7 Å². The van der Waals surface area contributed by atoms with Crippen molar-refractivity contribution in [2.75, 3.05) is 6.26 Å². The summed E-state index contributed by atoms with van der Waals surface area (Å²) in [5.74, 6) is 0. The van der Waals surface area contributed by atoms with Gasteiger partial charge in [0.1, 0.15) is 17.0 Å². The van der Waals surface area contributed by atoms with Crippen molar-refractivity contribution in [1.82, 2.24) is 9.78 Å². The number of aryl methyl sites for hydroxylation is 2. The van der Waals surface area contributed by atoms with Crippen LogP contribution >= 0.6 is 34.7 Å². The van der Waals surface area contributed by atoms with E-state index in [4.69, 9.17) is 16.7 Å². The monoisotopic (exact) mass is 468 g/mol. The first-order valence-electron chi connectivity index (χ1n) is 10.0. The van der Waals surface area contributed by atoms with Crippen LogP contribution in [0.1, 0.15) is 30.7 Å². The average molecular weight is 469 g/mol. The summed E-state index contributed by atoms with van der Waals surface area (Å²) in [5, 5.41) is 16.0. The van der Waals surface area contributed by atoms with Gasteiger partial charge in [-0.2, -0.15) is 5.10 Å². The molecule has 2 aromatic heterocycles. The molecule has 0 aliphatic rings. The van der Waals surface area contributed by atoms with Crippen LogP contribution in [0.5, 0.6) is 0 Å². The SMILES string of the molecule is CSc1cccc(-c2ccc(-c3c(Cl)c(C(C)(C)O)nn3-c3c(C)cccc3C)s2)c1. The van der Waals surface area contributed by atoms with Gasteiger partial charge in [0.15, 0.2) is 0 Å². The molecule has 0 unspecified atom stereocenters. The second-order valence-corrected chi connectivity index (χ2v) is 10.5. The van der Waals surface area contributed by atoms with E-state index >= 15 is 0 Å². The zero-order valence-corrected chi connectivity index (χ0v) is 20.6. The topological polar surface area (TPSA) is 38.1 Å². The van der Waals surface area contributed by atoms with Crippen LogP contribution in [-0.4, -0.2) is 21.1 Å². The van der Waals surface area contributed by atoms with Gasteiger partial charge < -0.3 is 5.11 Å². The Bertz CT molecular complexity index is 1230. The van der Waals surface area contributed by atoms with Crippen molar-refractivity contribution in [3.63, 3.8) is 0 Å². The molecule has 3 nitrogen and oxygen atoms in total. The number of rotatable bonds is 5. The molecule has 1 N–H and O–H groups in total. The Hall–Kier alpha value is -2.05. The minimum atomic E-state index is -1.15. The van der Waals surface area contributed by atoms with Gasteiger partial charge in [-0.15, -0.1) is 23.1 Å². The standard InChI is InChI=1S/C25H25ClN2OS2/c1-15-8-6-9-16(2)22(15)28-23(21(26)24(27-28)25(3,4)29)20-13-12-19(31-20)17-10-7-11-18(14-17)30-5/h6-14,29H,1-5H3. The molecule has 4 aromatic rings. The van der Waals surface area contributed by atoms with E-state index in [1.807, 2.05) is 10.7 Å². The smallest absolute Gasteiger partial charge is 0.113 e. The van der Waals surface area contributed by atoms with E-state index in [1.165, 1.54) is 15.3 Å². The predicted molar refractivity (Wildman–Crippen MR) is 134 cm³/mol. The molecule has 0 bridgehead atoms. The number of para-hydroxylation sites is 1. The first-order chi connectivity index (χ1) is 14.7. The first kappa shape index (κ1) is 22.2. The molecule has 0 radical (unpaired) electrons. The lowest BCUT2D eigenvalue weighted by atomic mass is 10.1. The number of hydrogen-bond acceptors (Lipinski definition) is 4. The number of thiophene rings is 1. The maximum absolute atomic E-state index is 10.7. The highest BCUT2D eigenvalue weighted by atomic mass is 35.5. The number of halogens is 1. The van der Waals surface area contributed by atoms with Crippen molar-refractivity contribution < 1.29 is 5.11 Å². The van der Waals surface area contributed by atoms with E-state index in [0.717, 1.165) is 27.4 Å². The summed E-state index contributed by atoms with van der Waals surface area (Å²) in [7, 11) is 0. The molecule has 2 aromatic carbocycles. The van der Waals surface area contributed by atoms with Gasteiger partial charge in [0.25, 0.3) is 0 Å². The van der Waals surface area contributed by atoms with Crippen LogP contribution in [0.25, 0.3) is 26.7 Å². The Morgan fingerprint density at radius 3 is 2.29 bits per heavy atom. The summed E-state index contributed by atoms with van der Waals surface area (Å²) in [6.07, 6.45) is 2.08. The van der Waals surface area contributed by atoms with Crippen molar-refractivity contribution in [1.29, 1.82) is 0 Å². The summed E-state index contributed by atoms with van der Waals surface area (Å²) in [6.45, 7) is 7.57. The van der Waals surface area contributed by atoms with Crippen LogP contribution in [0.15, 0.2) is 59.5 Å². The van der Waals surface area contributed by atoms with Gasteiger partial charge in [0.05, 0.1) is 15.6 Å². The quantitative estimate of drug-likeness (QED) is 0.308. The lowest BCUT2D eigenvalue weighted by molar-refractivity contribution is 0.0735. The second kappa shape index (κ2) is 8.47. The molecular weight excluding hydrogens is 444 g/mol. The second-order valence-electron chi connectivity index (χ2n) is 8.12. The lowest BCUT2D eigenvalue weighted by Crippen LogP contribution is -2.17. The van der Waals surface area contributed by atoms with Crippen molar-refractivity contribution >= 4 is 34.7 Å². The summed E-state index contributed by atoms with van der Waals surface area (Å²) >= 11 is 10.3. The van der Waals surface area contributed by atoms with Gasteiger partial charge in [-0.1, -0.05) is 41.9 Å². The van der Waals surface area contributed by atoms with Crippen LogP contribution in [-0.2, 0) is 5.60 Å². The Labute approximate surface area is 196 Å². The molecule has 31 heavy (non-hydrogen) atoms. The van der Waals surface area contributed by atoms with E-state index in [9.17, 15) is 5.11 Å². The van der Waals surface area contributed by atoms with Gasteiger partial charge in [0.2, 0.25) is 0 Å². The molecule has 0 saturated heterocycles. The number of thioether (sulfide) groups is 1. The van der Waals surface area contributed by atoms with E-state index in [2.05, 4.69) is 68.6 Å². The number of aliphatic hydroxyl groups is 1. The molecule has 0 atom stereocenters. The lowest BCUT2D eigenvalue weighted by Gasteiger charge is -2.14. The highest BCUT2D eigenvalue weighted by molar-refractivity contribution is 7.98. The van der Waals surface area contributed by atoms with E-state index in [1.54, 1.807) is 36.9 Å². The Morgan fingerprint density at radius 2 is 1.65 bits per heavy atom. The molecule has 4 rings (SSSR count). The highest BCUT2D eigenvalue weighted by Gasteiger charge is 2.30. The van der Waals surface area contributed by atoms with E-state index in [0.29, 0.717) is 10.7 Å². The molecule has 160 valence electrons. The maximum atomic E-state index is 10.7. The zero-order chi connectivity index (χ0) is 22.3. The fourth-order valence-electron chi connectivity index (χ4n) is 3.70. The molecule has 0 spiro atoms. The third-order valence-corrected chi connectivity index (χ3v) is 7.48. The minimum Gasteiger partial charge on any atom is -0.384 e. The normalized spacial score (nSPS) is 11.8. The molecule has 2 heterocycles. The molecule has 6 heteroatoms. The third kappa shape index (κ3) is 4.20. The molecular formula is C25H25ClN2OS2. The highest BCUT2D eigenvalue weighted by Crippen LogP contribution is 2.43. The van der Waals surface area contributed by atoms with Crippen LogP contribution in [0.4, 0.5) is 0 Å².